The SMILES string of the molecule is Cc1cccc(CN2CCCC(c3nn(-c4cccc5cnccc45)c(=O)[nH]3)C2)n1. The molecule has 7 nitrogen and oxygen atoms in total. The number of aromatic amines is 1. The van der Waals surface area contributed by atoms with E-state index in [4.69, 9.17) is 5.10 Å². The van der Waals surface area contributed by atoms with E-state index in [2.05, 4.69) is 32.0 Å². The van der Waals surface area contributed by atoms with Crippen LogP contribution in [0, 0.1) is 6.92 Å². The molecular formula is C23H24N6O. The number of aryl methyl sites for hydroxylation is 1. The van der Waals surface area contributed by atoms with E-state index in [0.29, 0.717) is 0 Å². The molecule has 1 aliphatic rings. The van der Waals surface area contributed by atoms with Crippen molar-refractivity contribution in [3.8, 4) is 5.69 Å². The van der Waals surface area contributed by atoms with Gasteiger partial charge in [0.25, 0.3) is 0 Å². The van der Waals surface area contributed by atoms with E-state index in [1.54, 1.807) is 12.4 Å². The quantitative estimate of drug-likeness (QED) is 0.569. The summed E-state index contributed by atoms with van der Waals surface area (Å²) in [6, 6.07) is 13.9. The molecule has 3 aromatic heterocycles. The monoisotopic (exact) mass is 400 g/mol. The molecule has 30 heavy (non-hydrogen) atoms. The van der Waals surface area contributed by atoms with Crippen molar-refractivity contribution in [2.75, 3.05) is 13.1 Å². The zero-order valence-electron chi connectivity index (χ0n) is 17.0. The molecule has 0 radical (unpaired) electrons. The molecule has 1 fully saturated rings. The highest BCUT2D eigenvalue weighted by atomic mass is 16.1. The maximum Gasteiger partial charge on any atom is 0.348 e. The van der Waals surface area contributed by atoms with Crippen LogP contribution in [-0.4, -0.2) is 42.7 Å². The molecule has 1 unspecified atom stereocenters. The minimum atomic E-state index is -0.202. The van der Waals surface area contributed by atoms with E-state index in [-0.39, 0.29) is 11.6 Å². The van der Waals surface area contributed by atoms with Crippen LogP contribution < -0.4 is 5.69 Å². The first kappa shape index (κ1) is 18.7. The second-order valence-corrected chi connectivity index (χ2v) is 7.95. The summed E-state index contributed by atoms with van der Waals surface area (Å²) in [5, 5.41) is 6.64. The van der Waals surface area contributed by atoms with E-state index >= 15 is 0 Å². The number of fused-ring (bicyclic) bond motifs is 1. The lowest BCUT2D eigenvalue weighted by Crippen LogP contribution is -2.34. The van der Waals surface area contributed by atoms with Gasteiger partial charge in [-0.3, -0.25) is 19.9 Å². The number of rotatable bonds is 4. The second kappa shape index (κ2) is 7.84. The first-order chi connectivity index (χ1) is 14.7. The van der Waals surface area contributed by atoms with Crippen molar-refractivity contribution in [1.29, 1.82) is 0 Å². The smallest absolute Gasteiger partial charge is 0.297 e. The largest absolute Gasteiger partial charge is 0.348 e. The van der Waals surface area contributed by atoms with Crippen molar-refractivity contribution in [3.05, 3.63) is 82.6 Å². The Hall–Kier alpha value is -3.32. The van der Waals surface area contributed by atoms with Gasteiger partial charge in [-0.1, -0.05) is 18.2 Å². The molecule has 0 saturated carbocycles. The highest BCUT2D eigenvalue weighted by Gasteiger charge is 2.25. The summed E-state index contributed by atoms with van der Waals surface area (Å²) >= 11 is 0. The van der Waals surface area contributed by atoms with Crippen molar-refractivity contribution in [2.24, 2.45) is 0 Å². The third-order valence-corrected chi connectivity index (χ3v) is 5.74. The number of likely N-dealkylation sites (tertiary alicyclic amines) is 1. The molecule has 1 saturated heterocycles. The number of aromatic nitrogens is 5. The fraction of sp³-hybridized carbons (Fsp3) is 0.304. The zero-order valence-corrected chi connectivity index (χ0v) is 17.0. The summed E-state index contributed by atoms with van der Waals surface area (Å²) in [4.78, 5) is 26.9. The van der Waals surface area contributed by atoms with Crippen molar-refractivity contribution in [2.45, 2.75) is 32.2 Å². The van der Waals surface area contributed by atoms with Gasteiger partial charge in [0.05, 0.1) is 11.4 Å². The number of nitrogens with zero attached hydrogens (tertiary/aromatic N) is 5. The van der Waals surface area contributed by atoms with E-state index in [9.17, 15) is 4.79 Å². The molecule has 4 heterocycles. The molecule has 1 aromatic carbocycles. The lowest BCUT2D eigenvalue weighted by Gasteiger charge is -2.31. The maximum atomic E-state index is 12.7. The summed E-state index contributed by atoms with van der Waals surface area (Å²) < 4.78 is 1.48. The predicted octanol–water partition coefficient (Wildman–Crippen LogP) is 3.19. The van der Waals surface area contributed by atoms with Crippen LogP contribution in [0.5, 0.6) is 0 Å². The Morgan fingerprint density at radius 2 is 2.07 bits per heavy atom. The van der Waals surface area contributed by atoms with Crippen LogP contribution in [0.25, 0.3) is 16.5 Å². The molecule has 0 spiro atoms. The molecule has 0 bridgehead atoms. The summed E-state index contributed by atoms with van der Waals surface area (Å²) in [5.74, 6) is 0.960. The van der Waals surface area contributed by atoms with E-state index < -0.39 is 0 Å². The summed E-state index contributed by atoms with van der Waals surface area (Å²) in [5.41, 5.74) is 2.69. The number of H-pyrrole nitrogens is 1. The Balaban J connectivity index is 1.41. The average Bonchev–Trinajstić information content (AvgIpc) is 3.15. The molecule has 0 amide bonds. The third-order valence-electron chi connectivity index (χ3n) is 5.74. The number of hydrogen-bond donors (Lipinski definition) is 1. The number of nitrogens with one attached hydrogen (secondary N) is 1. The van der Waals surface area contributed by atoms with E-state index in [1.807, 2.05) is 37.3 Å². The molecule has 152 valence electrons. The van der Waals surface area contributed by atoms with Gasteiger partial charge < -0.3 is 0 Å². The second-order valence-electron chi connectivity index (χ2n) is 7.95. The van der Waals surface area contributed by atoms with Gasteiger partial charge in [-0.15, -0.1) is 5.10 Å². The topological polar surface area (TPSA) is 79.7 Å². The summed E-state index contributed by atoms with van der Waals surface area (Å²) in [6.45, 7) is 4.73. The Morgan fingerprint density at radius 3 is 2.97 bits per heavy atom. The highest BCUT2D eigenvalue weighted by molar-refractivity contribution is 5.89. The van der Waals surface area contributed by atoms with Crippen molar-refractivity contribution >= 4 is 10.8 Å². The number of piperidine rings is 1. The molecule has 7 heteroatoms. The fourth-order valence-electron chi connectivity index (χ4n) is 4.32. The minimum Gasteiger partial charge on any atom is -0.297 e. The van der Waals surface area contributed by atoms with Crippen LogP contribution in [0.2, 0.25) is 0 Å². The Morgan fingerprint density at radius 1 is 1.17 bits per heavy atom. The van der Waals surface area contributed by atoms with E-state index in [0.717, 1.165) is 66.1 Å². The van der Waals surface area contributed by atoms with Crippen molar-refractivity contribution in [3.63, 3.8) is 0 Å². The molecule has 1 atom stereocenters. The number of benzene rings is 1. The molecule has 5 rings (SSSR count). The van der Waals surface area contributed by atoms with Gasteiger partial charge in [-0.05, 0) is 50.6 Å². The molecule has 1 N–H and O–H groups in total. The van der Waals surface area contributed by atoms with Gasteiger partial charge in [-0.25, -0.2) is 4.79 Å². The van der Waals surface area contributed by atoms with Gasteiger partial charge in [-0.2, -0.15) is 4.68 Å². The van der Waals surface area contributed by atoms with Crippen LogP contribution >= 0.6 is 0 Å². The average molecular weight is 400 g/mol. The summed E-state index contributed by atoms with van der Waals surface area (Å²) in [6.07, 6.45) is 5.63. The first-order valence-corrected chi connectivity index (χ1v) is 10.3. The molecular weight excluding hydrogens is 376 g/mol. The van der Waals surface area contributed by atoms with Gasteiger partial charge in [0, 0.05) is 47.9 Å². The van der Waals surface area contributed by atoms with Gasteiger partial charge in [0.1, 0.15) is 5.82 Å². The predicted molar refractivity (Wildman–Crippen MR) is 116 cm³/mol. The summed E-state index contributed by atoms with van der Waals surface area (Å²) in [7, 11) is 0. The number of hydrogen-bond acceptors (Lipinski definition) is 5. The maximum absolute atomic E-state index is 12.7. The van der Waals surface area contributed by atoms with Crippen LogP contribution in [0.4, 0.5) is 0 Å². The van der Waals surface area contributed by atoms with Gasteiger partial charge in [0.2, 0.25) is 0 Å². The Bertz CT molecular complexity index is 1240. The van der Waals surface area contributed by atoms with Crippen molar-refractivity contribution < 1.29 is 0 Å². The third kappa shape index (κ3) is 3.64. The van der Waals surface area contributed by atoms with E-state index in [1.165, 1.54) is 4.68 Å². The van der Waals surface area contributed by atoms with Crippen LogP contribution in [-0.2, 0) is 6.54 Å². The van der Waals surface area contributed by atoms with Crippen molar-refractivity contribution in [1.82, 2.24) is 29.6 Å². The first-order valence-electron chi connectivity index (χ1n) is 10.3. The van der Waals surface area contributed by atoms with Gasteiger partial charge in [0.15, 0.2) is 0 Å². The van der Waals surface area contributed by atoms with Crippen LogP contribution in [0.3, 0.4) is 0 Å². The molecule has 4 aromatic rings. The van der Waals surface area contributed by atoms with Gasteiger partial charge >= 0.3 is 5.69 Å². The highest BCUT2D eigenvalue weighted by Crippen LogP contribution is 2.26. The van der Waals surface area contributed by atoms with Crippen LogP contribution in [0.15, 0.2) is 59.7 Å². The number of pyridine rings is 2. The zero-order chi connectivity index (χ0) is 20.5. The minimum absolute atomic E-state index is 0.202. The molecule has 1 aliphatic heterocycles. The Kier molecular flexibility index (Phi) is 4.88. The standard InChI is InChI=1S/C23H24N6O/c1-16-5-2-8-19(25-16)15-28-12-4-7-18(14-28)22-26-23(30)29(27-22)21-9-3-6-17-13-24-11-10-20(17)21/h2-3,5-6,8-11,13,18H,4,7,12,14-15H2,1H3,(H,26,27,30). The lowest BCUT2D eigenvalue weighted by atomic mass is 9.97. The lowest BCUT2D eigenvalue weighted by molar-refractivity contribution is 0.194. The Labute approximate surface area is 174 Å². The van der Waals surface area contributed by atoms with Crippen LogP contribution in [0.1, 0.15) is 36.0 Å². The molecule has 0 aliphatic carbocycles. The normalized spacial score (nSPS) is 17.4. The fourth-order valence-corrected chi connectivity index (χ4v) is 4.32.